The van der Waals surface area contributed by atoms with Crippen molar-refractivity contribution in [1.29, 1.82) is 5.41 Å². The number of nitrogens with one attached hydrogen (secondary N) is 1. The molecular formula is C9H19N3. The third kappa shape index (κ3) is 2.13. The first-order chi connectivity index (χ1) is 5.61. The molecule has 70 valence electrons. The van der Waals surface area contributed by atoms with Gasteiger partial charge in [-0.1, -0.05) is 6.92 Å². The van der Waals surface area contributed by atoms with Crippen LogP contribution in [0.25, 0.3) is 0 Å². The lowest BCUT2D eigenvalue weighted by atomic mass is 9.87. The summed E-state index contributed by atoms with van der Waals surface area (Å²) in [5.74, 6) is 1.07. The van der Waals surface area contributed by atoms with Crippen molar-refractivity contribution >= 4 is 5.96 Å². The summed E-state index contributed by atoms with van der Waals surface area (Å²) in [5.41, 5.74) is 5.41. The summed E-state index contributed by atoms with van der Waals surface area (Å²) in [7, 11) is 1.92. The molecule has 0 unspecified atom stereocenters. The minimum absolute atomic E-state index is 0.203. The van der Waals surface area contributed by atoms with Gasteiger partial charge in [-0.15, -0.1) is 0 Å². The lowest BCUT2D eigenvalue weighted by Gasteiger charge is -2.33. The monoisotopic (exact) mass is 169 g/mol. The van der Waals surface area contributed by atoms with Crippen LogP contribution in [0.2, 0.25) is 0 Å². The quantitative estimate of drug-likeness (QED) is 0.460. The second-order valence-electron chi connectivity index (χ2n) is 3.91. The van der Waals surface area contributed by atoms with Gasteiger partial charge in [-0.2, -0.15) is 0 Å². The Morgan fingerprint density at radius 2 is 1.83 bits per heavy atom. The first-order valence-corrected chi connectivity index (χ1v) is 4.68. The van der Waals surface area contributed by atoms with Crippen molar-refractivity contribution in [2.45, 2.75) is 38.6 Å². The zero-order valence-electron chi connectivity index (χ0n) is 8.01. The van der Waals surface area contributed by atoms with Crippen LogP contribution in [-0.4, -0.2) is 23.9 Å². The maximum Gasteiger partial charge on any atom is 0.188 e. The van der Waals surface area contributed by atoms with Gasteiger partial charge in [0.25, 0.3) is 0 Å². The van der Waals surface area contributed by atoms with E-state index in [1.165, 1.54) is 25.7 Å². The Morgan fingerprint density at radius 1 is 1.33 bits per heavy atom. The van der Waals surface area contributed by atoms with E-state index in [9.17, 15) is 0 Å². The topological polar surface area (TPSA) is 53.1 Å². The Balaban J connectivity index is 2.39. The largest absolute Gasteiger partial charge is 0.370 e. The van der Waals surface area contributed by atoms with Gasteiger partial charge in [-0.05, 0) is 31.6 Å². The second-order valence-corrected chi connectivity index (χ2v) is 3.91. The standard InChI is InChI=1S/C9H19N3/c1-7-3-5-8(6-4-7)12(2)9(10)11/h7-8H,3-6H2,1-2H3,(H3,10,11). The van der Waals surface area contributed by atoms with E-state index in [2.05, 4.69) is 6.92 Å². The first kappa shape index (κ1) is 9.36. The van der Waals surface area contributed by atoms with Crippen LogP contribution in [0.3, 0.4) is 0 Å². The van der Waals surface area contributed by atoms with Gasteiger partial charge in [0.05, 0.1) is 0 Å². The van der Waals surface area contributed by atoms with Gasteiger partial charge in [0.15, 0.2) is 5.96 Å². The molecule has 0 heterocycles. The molecule has 1 aliphatic carbocycles. The van der Waals surface area contributed by atoms with E-state index >= 15 is 0 Å². The molecule has 0 aromatic rings. The molecule has 1 aliphatic rings. The van der Waals surface area contributed by atoms with Gasteiger partial charge in [0.2, 0.25) is 0 Å². The number of hydrogen-bond donors (Lipinski definition) is 2. The Bertz CT molecular complexity index is 159. The molecule has 0 bridgehead atoms. The van der Waals surface area contributed by atoms with E-state index < -0.39 is 0 Å². The van der Waals surface area contributed by atoms with E-state index in [-0.39, 0.29) is 5.96 Å². The predicted molar refractivity (Wildman–Crippen MR) is 51.1 cm³/mol. The third-order valence-corrected chi connectivity index (χ3v) is 2.91. The van der Waals surface area contributed by atoms with Gasteiger partial charge in [-0.25, -0.2) is 0 Å². The van der Waals surface area contributed by atoms with Crippen LogP contribution in [0.1, 0.15) is 32.6 Å². The predicted octanol–water partition coefficient (Wildman–Crippen LogP) is 1.39. The number of hydrogen-bond acceptors (Lipinski definition) is 1. The van der Waals surface area contributed by atoms with E-state index in [4.69, 9.17) is 11.1 Å². The minimum Gasteiger partial charge on any atom is -0.370 e. The van der Waals surface area contributed by atoms with E-state index in [1.807, 2.05) is 11.9 Å². The average molecular weight is 169 g/mol. The smallest absolute Gasteiger partial charge is 0.188 e. The maximum atomic E-state index is 7.29. The van der Waals surface area contributed by atoms with Gasteiger partial charge in [0, 0.05) is 13.1 Å². The average Bonchev–Trinajstić information content (AvgIpc) is 2.04. The Hall–Kier alpha value is -0.730. The fraction of sp³-hybridized carbons (Fsp3) is 0.889. The van der Waals surface area contributed by atoms with Crippen LogP contribution < -0.4 is 5.73 Å². The van der Waals surface area contributed by atoms with Gasteiger partial charge in [0.1, 0.15) is 0 Å². The summed E-state index contributed by atoms with van der Waals surface area (Å²) >= 11 is 0. The van der Waals surface area contributed by atoms with Crippen molar-refractivity contribution in [2.24, 2.45) is 11.7 Å². The van der Waals surface area contributed by atoms with Crippen molar-refractivity contribution in [3.63, 3.8) is 0 Å². The molecular weight excluding hydrogens is 150 g/mol. The molecule has 12 heavy (non-hydrogen) atoms. The van der Waals surface area contributed by atoms with Crippen molar-refractivity contribution in [3.8, 4) is 0 Å². The number of nitrogens with two attached hydrogens (primary N) is 1. The van der Waals surface area contributed by atoms with Crippen LogP contribution in [0.5, 0.6) is 0 Å². The summed E-state index contributed by atoms with van der Waals surface area (Å²) in [6.45, 7) is 2.30. The summed E-state index contributed by atoms with van der Waals surface area (Å²) < 4.78 is 0. The number of guanidine groups is 1. The normalized spacial score (nSPS) is 29.8. The lowest BCUT2D eigenvalue weighted by Crippen LogP contribution is -2.42. The van der Waals surface area contributed by atoms with Crippen molar-refractivity contribution in [2.75, 3.05) is 7.05 Å². The van der Waals surface area contributed by atoms with Crippen LogP contribution in [-0.2, 0) is 0 Å². The number of rotatable bonds is 1. The Labute approximate surface area is 74.4 Å². The van der Waals surface area contributed by atoms with Crippen LogP contribution in [0, 0.1) is 11.3 Å². The highest BCUT2D eigenvalue weighted by atomic mass is 15.2. The van der Waals surface area contributed by atoms with Gasteiger partial charge < -0.3 is 10.6 Å². The highest BCUT2D eigenvalue weighted by molar-refractivity contribution is 5.74. The summed E-state index contributed by atoms with van der Waals surface area (Å²) in [6, 6.07) is 0.513. The van der Waals surface area contributed by atoms with Crippen LogP contribution in [0.15, 0.2) is 0 Å². The highest BCUT2D eigenvalue weighted by Gasteiger charge is 2.21. The molecule has 1 fully saturated rings. The molecule has 0 spiro atoms. The SMILES string of the molecule is CC1CCC(N(C)C(=N)N)CC1. The van der Waals surface area contributed by atoms with Gasteiger partial charge in [-0.3, -0.25) is 5.41 Å². The fourth-order valence-corrected chi connectivity index (χ4v) is 1.83. The Kier molecular flexibility index (Phi) is 2.95. The third-order valence-electron chi connectivity index (χ3n) is 2.91. The van der Waals surface area contributed by atoms with Crippen LogP contribution >= 0.6 is 0 Å². The molecule has 0 atom stereocenters. The highest BCUT2D eigenvalue weighted by Crippen LogP contribution is 2.25. The summed E-state index contributed by atoms with van der Waals surface area (Å²) in [5, 5.41) is 7.29. The van der Waals surface area contributed by atoms with E-state index in [1.54, 1.807) is 0 Å². The van der Waals surface area contributed by atoms with E-state index in [0.29, 0.717) is 6.04 Å². The molecule has 3 heteroatoms. The molecule has 0 amide bonds. The molecule has 0 saturated heterocycles. The van der Waals surface area contributed by atoms with Crippen LogP contribution in [0.4, 0.5) is 0 Å². The molecule has 0 aromatic heterocycles. The number of nitrogens with zero attached hydrogens (tertiary/aromatic N) is 1. The molecule has 0 aromatic carbocycles. The lowest BCUT2D eigenvalue weighted by molar-refractivity contribution is 0.236. The summed E-state index contributed by atoms with van der Waals surface area (Å²) in [4.78, 5) is 1.89. The van der Waals surface area contributed by atoms with Crippen molar-refractivity contribution in [3.05, 3.63) is 0 Å². The van der Waals surface area contributed by atoms with Crippen molar-refractivity contribution in [1.82, 2.24) is 4.90 Å². The van der Waals surface area contributed by atoms with E-state index in [0.717, 1.165) is 5.92 Å². The van der Waals surface area contributed by atoms with Crippen molar-refractivity contribution < 1.29 is 0 Å². The molecule has 0 radical (unpaired) electrons. The maximum absolute atomic E-state index is 7.29. The zero-order chi connectivity index (χ0) is 9.14. The first-order valence-electron chi connectivity index (χ1n) is 4.68. The fourth-order valence-electron chi connectivity index (χ4n) is 1.83. The molecule has 0 aliphatic heterocycles. The minimum atomic E-state index is 0.203. The molecule has 1 saturated carbocycles. The molecule has 3 nitrogen and oxygen atoms in total. The Morgan fingerprint density at radius 3 is 2.25 bits per heavy atom. The van der Waals surface area contributed by atoms with Gasteiger partial charge >= 0.3 is 0 Å². The molecule has 1 rings (SSSR count). The second kappa shape index (κ2) is 3.78. The molecule has 3 N–H and O–H groups in total. The summed E-state index contributed by atoms with van der Waals surface area (Å²) in [6.07, 6.45) is 4.94. The zero-order valence-corrected chi connectivity index (χ0v) is 8.01.